The molecule has 0 aliphatic rings. The van der Waals surface area contributed by atoms with Gasteiger partial charge in [-0.05, 0) is 29.5 Å². The molecule has 0 aliphatic carbocycles. The summed E-state index contributed by atoms with van der Waals surface area (Å²) in [5.41, 5.74) is 1.18. The van der Waals surface area contributed by atoms with Gasteiger partial charge in [-0.2, -0.15) is 0 Å². The summed E-state index contributed by atoms with van der Waals surface area (Å²) in [5, 5.41) is 3.98. The van der Waals surface area contributed by atoms with Crippen molar-refractivity contribution in [2.75, 3.05) is 0 Å². The lowest BCUT2D eigenvalue weighted by molar-refractivity contribution is 0.846. The van der Waals surface area contributed by atoms with Gasteiger partial charge in [-0.1, -0.05) is 49.6 Å². The van der Waals surface area contributed by atoms with Crippen molar-refractivity contribution < 1.29 is 0 Å². The van der Waals surface area contributed by atoms with Gasteiger partial charge < -0.3 is 0 Å². The van der Waals surface area contributed by atoms with Crippen LogP contribution >= 0.6 is 0 Å². The van der Waals surface area contributed by atoms with Gasteiger partial charge in [-0.25, -0.2) is 4.68 Å². The van der Waals surface area contributed by atoms with E-state index in [2.05, 4.69) is 18.3 Å². The lowest BCUT2D eigenvalue weighted by Crippen LogP contribution is -2.44. The summed E-state index contributed by atoms with van der Waals surface area (Å²) >= 11 is 0. The molecule has 0 radical (unpaired) electrons. The van der Waals surface area contributed by atoms with Crippen LogP contribution in [0.2, 0.25) is 0 Å². The fourth-order valence-electron chi connectivity index (χ4n) is 2.96. The number of nitrogens with one attached hydrogen (secondary N) is 1. The smallest absolute Gasteiger partial charge is 0.275 e. The Balaban J connectivity index is 2.22. The number of hydrogen-bond donors (Lipinski definition) is 1. The standard InChI is InChI=1S/C20H15N3O2/c1-13-14(2)19(24)22(15-9-5-3-6-10-15)18-17(13)20(25)23(21-18)16-11-7-4-8-12-16/h3-12,21H,1-2H2. The van der Waals surface area contributed by atoms with Gasteiger partial charge in [0.15, 0.2) is 0 Å². The van der Waals surface area contributed by atoms with E-state index in [-0.39, 0.29) is 16.3 Å². The minimum absolute atomic E-state index is 0.215. The molecule has 2 aromatic heterocycles. The van der Waals surface area contributed by atoms with E-state index in [1.165, 1.54) is 9.25 Å². The van der Waals surface area contributed by atoms with Crippen LogP contribution < -0.4 is 21.6 Å². The molecule has 0 spiro atoms. The van der Waals surface area contributed by atoms with Crippen LogP contribution in [-0.4, -0.2) is 14.3 Å². The summed E-state index contributed by atoms with van der Waals surface area (Å²) in [4.78, 5) is 25.7. The van der Waals surface area contributed by atoms with Crippen molar-refractivity contribution in [2.24, 2.45) is 0 Å². The van der Waals surface area contributed by atoms with Crippen LogP contribution in [0.3, 0.4) is 0 Å². The Bertz CT molecular complexity index is 1300. The maximum atomic E-state index is 12.9. The fourth-order valence-corrected chi connectivity index (χ4v) is 2.96. The fraction of sp³-hybridized carbons (Fsp3) is 0. The third-order valence-electron chi connectivity index (χ3n) is 4.25. The first-order valence-electron chi connectivity index (χ1n) is 7.78. The Kier molecular flexibility index (Phi) is 3.28. The number of rotatable bonds is 2. The molecule has 0 saturated heterocycles. The molecular formula is C20H15N3O2. The minimum Gasteiger partial charge on any atom is -0.275 e. The molecule has 122 valence electrons. The monoisotopic (exact) mass is 329 g/mol. The molecule has 0 atom stereocenters. The van der Waals surface area contributed by atoms with Crippen LogP contribution in [0.15, 0.2) is 70.3 Å². The summed E-state index contributed by atoms with van der Waals surface area (Å²) in [6.45, 7) is 7.72. The van der Waals surface area contributed by atoms with E-state index in [1.807, 2.05) is 48.5 Å². The Morgan fingerprint density at radius 3 is 1.88 bits per heavy atom. The first-order valence-corrected chi connectivity index (χ1v) is 7.78. The maximum Gasteiger partial charge on any atom is 0.281 e. The van der Waals surface area contributed by atoms with Gasteiger partial charge in [0.05, 0.1) is 16.8 Å². The first kappa shape index (κ1) is 15.0. The molecule has 2 aromatic carbocycles. The van der Waals surface area contributed by atoms with Crippen molar-refractivity contribution in [1.82, 2.24) is 14.3 Å². The molecule has 0 bridgehead atoms. The van der Waals surface area contributed by atoms with Crippen molar-refractivity contribution in [3.05, 3.63) is 91.8 Å². The second-order valence-corrected chi connectivity index (χ2v) is 5.74. The van der Waals surface area contributed by atoms with Crippen LogP contribution in [0.5, 0.6) is 0 Å². The van der Waals surface area contributed by atoms with E-state index in [0.717, 1.165) is 0 Å². The van der Waals surface area contributed by atoms with Gasteiger partial charge in [-0.3, -0.25) is 19.3 Å². The van der Waals surface area contributed by atoms with Crippen LogP contribution in [0.4, 0.5) is 0 Å². The lowest BCUT2D eigenvalue weighted by atomic mass is 10.2. The number of hydrogen-bond acceptors (Lipinski definition) is 2. The van der Waals surface area contributed by atoms with Gasteiger partial charge >= 0.3 is 0 Å². The van der Waals surface area contributed by atoms with Crippen LogP contribution in [0, 0.1) is 0 Å². The Morgan fingerprint density at radius 1 is 0.720 bits per heavy atom. The summed E-state index contributed by atoms with van der Waals surface area (Å²) in [6, 6.07) is 18.3. The largest absolute Gasteiger partial charge is 0.281 e. The second kappa shape index (κ2) is 5.49. The lowest BCUT2D eigenvalue weighted by Gasteiger charge is -2.07. The molecule has 5 heteroatoms. The number of H-pyrrole nitrogens is 1. The highest BCUT2D eigenvalue weighted by Crippen LogP contribution is 2.11. The zero-order chi connectivity index (χ0) is 17.6. The van der Waals surface area contributed by atoms with E-state index in [0.29, 0.717) is 27.6 Å². The average molecular weight is 329 g/mol. The third kappa shape index (κ3) is 2.17. The highest BCUT2D eigenvalue weighted by Gasteiger charge is 2.16. The van der Waals surface area contributed by atoms with Gasteiger partial charge in [0.1, 0.15) is 5.65 Å². The van der Waals surface area contributed by atoms with Gasteiger partial charge in [0.2, 0.25) is 0 Å². The van der Waals surface area contributed by atoms with Crippen LogP contribution in [0.1, 0.15) is 0 Å². The van der Waals surface area contributed by atoms with Crippen molar-refractivity contribution >= 4 is 24.2 Å². The Labute approximate surface area is 142 Å². The van der Waals surface area contributed by atoms with Crippen molar-refractivity contribution in [3.63, 3.8) is 0 Å². The molecule has 0 aliphatic heterocycles. The molecular weight excluding hydrogens is 314 g/mol. The van der Waals surface area contributed by atoms with Crippen LogP contribution in [0.25, 0.3) is 35.6 Å². The van der Waals surface area contributed by atoms with Gasteiger partial charge in [-0.15, -0.1) is 0 Å². The molecule has 1 N–H and O–H groups in total. The predicted molar refractivity (Wildman–Crippen MR) is 99.8 cm³/mol. The zero-order valence-electron chi connectivity index (χ0n) is 13.4. The topological polar surface area (TPSA) is 59.8 Å². The number of para-hydroxylation sites is 2. The van der Waals surface area contributed by atoms with E-state index in [1.54, 1.807) is 12.1 Å². The average Bonchev–Trinajstić information content (AvgIpc) is 2.99. The molecule has 5 nitrogen and oxygen atoms in total. The number of aromatic nitrogens is 3. The first-order chi connectivity index (χ1) is 12.1. The van der Waals surface area contributed by atoms with Crippen molar-refractivity contribution in [1.29, 1.82) is 0 Å². The number of nitrogens with zero attached hydrogens (tertiary/aromatic N) is 2. The number of fused-ring (bicyclic) bond motifs is 1. The highest BCUT2D eigenvalue weighted by atomic mass is 16.1. The van der Waals surface area contributed by atoms with Gasteiger partial charge in [0.25, 0.3) is 11.1 Å². The van der Waals surface area contributed by atoms with Crippen LogP contribution in [-0.2, 0) is 0 Å². The van der Waals surface area contributed by atoms with E-state index < -0.39 is 0 Å². The zero-order valence-corrected chi connectivity index (χ0v) is 13.4. The molecule has 0 saturated carbocycles. The van der Waals surface area contributed by atoms with Crippen molar-refractivity contribution in [3.8, 4) is 11.4 Å². The minimum atomic E-state index is -0.301. The molecule has 4 aromatic rings. The van der Waals surface area contributed by atoms with E-state index in [9.17, 15) is 9.59 Å². The summed E-state index contributed by atoms with van der Waals surface area (Å²) in [6.07, 6.45) is 0. The molecule has 2 heterocycles. The highest BCUT2D eigenvalue weighted by molar-refractivity contribution is 5.77. The number of pyridine rings is 1. The third-order valence-corrected chi connectivity index (χ3v) is 4.25. The quantitative estimate of drug-likeness (QED) is 0.602. The maximum absolute atomic E-state index is 12.9. The molecule has 0 fully saturated rings. The summed E-state index contributed by atoms with van der Waals surface area (Å²) in [7, 11) is 0. The van der Waals surface area contributed by atoms with Crippen molar-refractivity contribution in [2.45, 2.75) is 0 Å². The predicted octanol–water partition coefficient (Wildman–Crippen LogP) is 1.29. The molecule has 25 heavy (non-hydrogen) atoms. The number of aromatic amines is 1. The molecule has 4 rings (SSSR count). The summed E-state index contributed by atoms with van der Waals surface area (Å²) < 4.78 is 2.88. The normalized spacial score (nSPS) is 11.0. The van der Waals surface area contributed by atoms with E-state index >= 15 is 0 Å². The Hall–Kier alpha value is -3.60. The molecule has 0 unspecified atom stereocenters. The number of benzene rings is 2. The summed E-state index contributed by atoms with van der Waals surface area (Å²) in [5.74, 6) is 0. The second-order valence-electron chi connectivity index (χ2n) is 5.74. The SMILES string of the molecule is C=c1c(=C)c2c(=O)n(-c3ccccc3)[nH]c2n(-c2ccccc2)c1=O. The van der Waals surface area contributed by atoms with E-state index in [4.69, 9.17) is 0 Å². The molecule has 0 amide bonds. The van der Waals surface area contributed by atoms with Gasteiger partial charge in [0, 0.05) is 5.22 Å². The Morgan fingerprint density at radius 2 is 1.28 bits per heavy atom.